The highest BCUT2D eigenvalue weighted by atomic mass is 19.1. The third-order valence-corrected chi connectivity index (χ3v) is 3.50. The van der Waals surface area contributed by atoms with Crippen LogP contribution in [0.2, 0.25) is 0 Å². The maximum Gasteiger partial charge on any atom is 0.292 e. The molecule has 3 rings (SSSR count). The number of hydrogen-bond acceptors (Lipinski definition) is 5. The van der Waals surface area contributed by atoms with Crippen LogP contribution < -0.4 is 10.1 Å². The van der Waals surface area contributed by atoms with Gasteiger partial charge < -0.3 is 10.1 Å². The fourth-order valence-electron chi connectivity index (χ4n) is 2.28. The van der Waals surface area contributed by atoms with Crippen LogP contribution >= 0.6 is 0 Å². The minimum absolute atomic E-state index is 0.0195. The summed E-state index contributed by atoms with van der Waals surface area (Å²) in [6, 6.07) is 10.7. The van der Waals surface area contributed by atoms with Crippen molar-refractivity contribution < 1.29 is 18.4 Å². The molecular formula is C18H13F2N3O3. The molecule has 0 atom stereocenters. The number of nitrogens with one attached hydrogen (secondary N) is 1. The molecule has 0 saturated carbocycles. The van der Waals surface area contributed by atoms with Gasteiger partial charge in [0, 0.05) is 24.9 Å². The molecule has 0 aliphatic carbocycles. The largest absolute Gasteiger partial charge is 0.453 e. The lowest BCUT2D eigenvalue weighted by atomic mass is 10.2. The molecule has 8 heteroatoms. The van der Waals surface area contributed by atoms with Crippen molar-refractivity contribution in [2.45, 2.75) is 6.54 Å². The van der Waals surface area contributed by atoms with Gasteiger partial charge in [-0.05, 0) is 35.9 Å². The molecule has 0 aliphatic heterocycles. The van der Waals surface area contributed by atoms with Gasteiger partial charge in [-0.25, -0.2) is 8.78 Å². The van der Waals surface area contributed by atoms with Crippen LogP contribution in [0.1, 0.15) is 5.56 Å². The number of rotatable bonds is 6. The van der Waals surface area contributed by atoms with E-state index in [4.69, 9.17) is 4.74 Å². The van der Waals surface area contributed by atoms with Crippen molar-refractivity contribution in [2.24, 2.45) is 0 Å². The summed E-state index contributed by atoms with van der Waals surface area (Å²) in [4.78, 5) is 14.2. The quantitative estimate of drug-likeness (QED) is 0.512. The summed E-state index contributed by atoms with van der Waals surface area (Å²) in [6.07, 6.45) is 3.03. The SMILES string of the molecule is O=[N+]([O-])c1ccc(F)cc1NCc1ccc(Oc2cccnc2)c(F)c1. The van der Waals surface area contributed by atoms with Crippen molar-refractivity contribution >= 4 is 11.4 Å². The third kappa shape index (κ3) is 4.10. The average molecular weight is 357 g/mol. The van der Waals surface area contributed by atoms with E-state index in [9.17, 15) is 18.9 Å². The molecule has 3 aromatic rings. The summed E-state index contributed by atoms with van der Waals surface area (Å²) in [6.45, 7) is 0.0778. The number of benzene rings is 2. The number of anilines is 1. The van der Waals surface area contributed by atoms with Crippen molar-refractivity contribution in [1.29, 1.82) is 0 Å². The Morgan fingerprint density at radius 2 is 2.00 bits per heavy atom. The van der Waals surface area contributed by atoms with Gasteiger partial charge in [-0.1, -0.05) is 6.07 Å². The van der Waals surface area contributed by atoms with Gasteiger partial charge in [0.05, 0.1) is 11.1 Å². The molecule has 0 aliphatic rings. The Hall–Kier alpha value is -3.55. The van der Waals surface area contributed by atoms with Crippen LogP contribution in [0.3, 0.4) is 0 Å². The van der Waals surface area contributed by atoms with E-state index in [-0.39, 0.29) is 23.7 Å². The lowest BCUT2D eigenvalue weighted by molar-refractivity contribution is -0.384. The first-order chi connectivity index (χ1) is 12.5. The second-order valence-corrected chi connectivity index (χ2v) is 5.33. The van der Waals surface area contributed by atoms with E-state index in [1.54, 1.807) is 24.4 Å². The number of halogens is 2. The summed E-state index contributed by atoms with van der Waals surface area (Å²) >= 11 is 0. The fourth-order valence-corrected chi connectivity index (χ4v) is 2.28. The number of nitro groups is 1. The first-order valence-corrected chi connectivity index (χ1v) is 7.57. The molecule has 132 valence electrons. The molecule has 2 aromatic carbocycles. The van der Waals surface area contributed by atoms with Crippen molar-refractivity contribution in [3.63, 3.8) is 0 Å². The minimum atomic E-state index is -0.618. The highest BCUT2D eigenvalue weighted by molar-refractivity contribution is 5.61. The van der Waals surface area contributed by atoms with Crippen molar-refractivity contribution in [3.8, 4) is 11.5 Å². The molecule has 0 bridgehead atoms. The third-order valence-electron chi connectivity index (χ3n) is 3.50. The Labute approximate surface area is 147 Å². The highest BCUT2D eigenvalue weighted by Crippen LogP contribution is 2.27. The topological polar surface area (TPSA) is 77.3 Å². The smallest absolute Gasteiger partial charge is 0.292 e. The van der Waals surface area contributed by atoms with E-state index >= 15 is 0 Å². The molecule has 0 fully saturated rings. The Kier molecular flexibility index (Phi) is 5.02. The van der Waals surface area contributed by atoms with Crippen molar-refractivity contribution in [3.05, 3.63) is 88.2 Å². The molecule has 1 N–H and O–H groups in total. The molecular weight excluding hydrogens is 344 g/mol. The lowest BCUT2D eigenvalue weighted by Crippen LogP contribution is -2.03. The van der Waals surface area contributed by atoms with Crippen LogP contribution in [0, 0.1) is 21.7 Å². The van der Waals surface area contributed by atoms with Crippen LogP contribution in [-0.2, 0) is 6.54 Å². The standard InChI is InChI=1S/C18H13F2N3O3/c19-13-4-5-17(23(24)25)16(9-13)22-10-12-3-6-18(15(20)8-12)26-14-2-1-7-21-11-14/h1-9,11,22H,10H2. The monoisotopic (exact) mass is 357 g/mol. The van der Waals surface area contributed by atoms with E-state index in [0.717, 1.165) is 18.2 Å². The number of nitro benzene ring substituents is 1. The van der Waals surface area contributed by atoms with Gasteiger partial charge in [-0.2, -0.15) is 0 Å². The van der Waals surface area contributed by atoms with E-state index in [1.807, 2.05) is 0 Å². The van der Waals surface area contributed by atoms with Crippen molar-refractivity contribution in [2.75, 3.05) is 5.32 Å². The molecule has 1 heterocycles. The number of pyridine rings is 1. The molecule has 0 radical (unpaired) electrons. The predicted molar refractivity (Wildman–Crippen MR) is 91.1 cm³/mol. The number of hydrogen-bond donors (Lipinski definition) is 1. The van der Waals surface area contributed by atoms with Crippen LogP contribution in [0.15, 0.2) is 60.9 Å². The van der Waals surface area contributed by atoms with Crippen LogP contribution in [0.25, 0.3) is 0 Å². The maximum absolute atomic E-state index is 14.2. The van der Waals surface area contributed by atoms with Gasteiger partial charge in [0.1, 0.15) is 17.3 Å². The first kappa shape index (κ1) is 17.3. The Balaban J connectivity index is 1.73. The predicted octanol–water partition coefficient (Wildman–Crippen LogP) is 4.67. The fraction of sp³-hybridized carbons (Fsp3) is 0.0556. The molecule has 26 heavy (non-hydrogen) atoms. The molecule has 0 spiro atoms. The molecule has 0 saturated heterocycles. The highest BCUT2D eigenvalue weighted by Gasteiger charge is 2.14. The van der Waals surface area contributed by atoms with E-state index in [0.29, 0.717) is 11.3 Å². The lowest BCUT2D eigenvalue weighted by Gasteiger charge is -2.10. The molecule has 1 aromatic heterocycles. The van der Waals surface area contributed by atoms with Gasteiger partial charge in [0.25, 0.3) is 5.69 Å². The molecule has 6 nitrogen and oxygen atoms in total. The van der Waals surface area contributed by atoms with Gasteiger partial charge in [-0.3, -0.25) is 15.1 Å². The van der Waals surface area contributed by atoms with Crippen LogP contribution in [0.4, 0.5) is 20.2 Å². The van der Waals surface area contributed by atoms with E-state index in [2.05, 4.69) is 10.3 Å². The van der Waals surface area contributed by atoms with Crippen LogP contribution in [-0.4, -0.2) is 9.91 Å². The minimum Gasteiger partial charge on any atom is -0.453 e. The Morgan fingerprint density at radius 3 is 2.69 bits per heavy atom. The summed E-state index contributed by atoms with van der Waals surface area (Å²) in [5.74, 6) is -0.780. The maximum atomic E-state index is 14.2. The second-order valence-electron chi connectivity index (χ2n) is 5.33. The normalized spacial score (nSPS) is 10.4. The zero-order valence-corrected chi connectivity index (χ0v) is 13.4. The Morgan fingerprint density at radius 1 is 1.15 bits per heavy atom. The van der Waals surface area contributed by atoms with Gasteiger partial charge in [0.15, 0.2) is 11.6 Å². The van der Waals surface area contributed by atoms with Crippen molar-refractivity contribution in [1.82, 2.24) is 4.98 Å². The summed E-state index contributed by atoms with van der Waals surface area (Å²) in [7, 11) is 0. The Bertz CT molecular complexity index is 936. The van der Waals surface area contributed by atoms with Gasteiger partial charge in [-0.15, -0.1) is 0 Å². The summed E-state index contributed by atoms with van der Waals surface area (Å²) < 4.78 is 32.9. The number of ether oxygens (including phenoxy) is 1. The second kappa shape index (κ2) is 7.56. The zero-order valence-electron chi connectivity index (χ0n) is 13.4. The molecule has 0 amide bonds. The van der Waals surface area contributed by atoms with E-state index in [1.165, 1.54) is 18.3 Å². The summed E-state index contributed by atoms with van der Waals surface area (Å²) in [5.41, 5.74) is 0.272. The zero-order chi connectivity index (χ0) is 18.5. The van der Waals surface area contributed by atoms with E-state index < -0.39 is 16.6 Å². The number of nitrogens with zero attached hydrogens (tertiary/aromatic N) is 2. The number of aromatic nitrogens is 1. The molecule has 0 unspecified atom stereocenters. The summed E-state index contributed by atoms with van der Waals surface area (Å²) in [5, 5.41) is 13.7. The van der Waals surface area contributed by atoms with Crippen LogP contribution in [0.5, 0.6) is 11.5 Å². The first-order valence-electron chi connectivity index (χ1n) is 7.57. The van der Waals surface area contributed by atoms with Gasteiger partial charge >= 0.3 is 0 Å². The average Bonchev–Trinajstić information content (AvgIpc) is 2.62. The van der Waals surface area contributed by atoms with Gasteiger partial charge in [0.2, 0.25) is 0 Å².